The number of benzene rings is 2. The smallest absolute Gasteiger partial charge is 0.187 e. The Kier molecular flexibility index (Phi) is 3.63. The third-order valence-electron chi connectivity index (χ3n) is 3.90. The first-order valence-electron chi connectivity index (χ1n) is 7.67. The molecule has 23 heavy (non-hydrogen) atoms. The molecule has 0 atom stereocenters. The second-order valence-electron chi connectivity index (χ2n) is 5.36. The number of hydrogen-bond donors (Lipinski definition) is 0. The lowest BCUT2D eigenvalue weighted by Crippen LogP contribution is -2.04. The van der Waals surface area contributed by atoms with Crippen LogP contribution in [0.2, 0.25) is 0 Å². The second kappa shape index (κ2) is 5.93. The summed E-state index contributed by atoms with van der Waals surface area (Å²) in [5.74, 6) is 1.02. The van der Waals surface area contributed by atoms with Gasteiger partial charge in [0.2, 0.25) is 4.96 Å². The lowest BCUT2D eigenvalue weighted by Gasteiger charge is -2.15. The van der Waals surface area contributed by atoms with E-state index >= 15 is 0 Å². The van der Waals surface area contributed by atoms with Crippen LogP contribution in [-0.2, 0) is 6.42 Å². The minimum absolute atomic E-state index is 0.119. The van der Waals surface area contributed by atoms with Gasteiger partial charge in [0.15, 0.2) is 5.82 Å². The van der Waals surface area contributed by atoms with Crippen molar-refractivity contribution < 1.29 is 0 Å². The van der Waals surface area contributed by atoms with E-state index in [2.05, 4.69) is 65.7 Å². The summed E-state index contributed by atoms with van der Waals surface area (Å²) in [6, 6.07) is 21.0. The predicted molar refractivity (Wildman–Crippen MR) is 91.9 cm³/mol. The average Bonchev–Trinajstić information content (AvgIpc) is 3.17. The molecule has 5 heteroatoms. The number of rotatable bonds is 4. The Hall–Kier alpha value is -2.53. The van der Waals surface area contributed by atoms with E-state index in [0.717, 1.165) is 22.2 Å². The largest absolute Gasteiger partial charge is 0.234 e. The molecule has 0 N–H and O–H groups in total. The first kappa shape index (κ1) is 14.1. The van der Waals surface area contributed by atoms with Crippen LogP contribution >= 0.6 is 11.3 Å². The van der Waals surface area contributed by atoms with Crippen LogP contribution in [0, 0.1) is 0 Å². The Morgan fingerprint density at radius 2 is 1.52 bits per heavy atom. The topological polar surface area (TPSA) is 43.1 Å². The Labute approximate surface area is 138 Å². The lowest BCUT2D eigenvalue weighted by atomic mass is 9.92. The fraction of sp³-hybridized carbons (Fsp3) is 0.167. The average molecular weight is 320 g/mol. The van der Waals surface area contributed by atoms with Crippen molar-refractivity contribution in [2.45, 2.75) is 19.3 Å². The van der Waals surface area contributed by atoms with Gasteiger partial charge >= 0.3 is 0 Å². The summed E-state index contributed by atoms with van der Waals surface area (Å²) in [7, 11) is 0. The van der Waals surface area contributed by atoms with Crippen LogP contribution in [0.4, 0.5) is 0 Å². The van der Waals surface area contributed by atoms with Gasteiger partial charge in [-0.2, -0.15) is 9.61 Å². The third-order valence-corrected chi connectivity index (χ3v) is 4.86. The molecule has 2 aromatic heterocycles. The molecule has 2 aromatic carbocycles. The summed E-state index contributed by atoms with van der Waals surface area (Å²) in [5.41, 5.74) is 2.48. The quantitative estimate of drug-likeness (QED) is 0.572. The Bertz CT molecular complexity index is 873. The van der Waals surface area contributed by atoms with Crippen molar-refractivity contribution in [2.24, 2.45) is 0 Å². The molecule has 0 aliphatic carbocycles. The molecule has 4 aromatic rings. The van der Waals surface area contributed by atoms with Crippen molar-refractivity contribution in [2.75, 3.05) is 0 Å². The van der Waals surface area contributed by atoms with Gasteiger partial charge in [0.25, 0.3) is 0 Å². The molecular weight excluding hydrogens is 304 g/mol. The van der Waals surface area contributed by atoms with E-state index in [1.807, 2.05) is 16.6 Å². The lowest BCUT2D eigenvalue weighted by molar-refractivity contribution is 0.798. The van der Waals surface area contributed by atoms with E-state index in [9.17, 15) is 0 Å². The summed E-state index contributed by atoms with van der Waals surface area (Å²) in [5, 5.41) is 14.3. The van der Waals surface area contributed by atoms with E-state index in [1.165, 1.54) is 11.1 Å². The number of fused-ring (bicyclic) bond motifs is 1. The molecule has 0 fully saturated rings. The monoisotopic (exact) mass is 320 g/mol. The number of aromatic nitrogens is 4. The maximum absolute atomic E-state index is 4.81. The van der Waals surface area contributed by atoms with Gasteiger partial charge < -0.3 is 0 Å². The standard InChI is InChI=1S/C18H16N4S/c1-2-15-19-20-18-22(15)21-17(23-18)16(13-9-5-3-6-10-13)14-11-7-4-8-12-14/h3-12,16H,2H2,1H3. The van der Waals surface area contributed by atoms with Gasteiger partial charge in [0, 0.05) is 6.42 Å². The van der Waals surface area contributed by atoms with Crippen molar-refractivity contribution in [3.8, 4) is 0 Å². The van der Waals surface area contributed by atoms with Crippen LogP contribution in [0.5, 0.6) is 0 Å². The van der Waals surface area contributed by atoms with E-state index in [-0.39, 0.29) is 5.92 Å². The molecule has 0 spiro atoms. The van der Waals surface area contributed by atoms with Crippen LogP contribution < -0.4 is 0 Å². The molecule has 114 valence electrons. The van der Waals surface area contributed by atoms with Crippen LogP contribution in [0.15, 0.2) is 60.7 Å². The zero-order chi connectivity index (χ0) is 15.6. The summed E-state index contributed by atoms with van der Waals surface area (Å²) in [4.78, 5) is 0.855. The normalized spacial score (nSPS) is 11.4. The van der Waals surface area contributed by atoms with Crippen LogP contribution in [0.25, 0.3) is 4.96 Å². The highest BCUT2D eigenvalue weighted by Gasteiger charge is 2.22. The Morgan fingerprint density at radius 1 is 0.913 bits per heavy atom. The van der Waals surface area contributed by atoms with Crippen molar-refractivity contribution in [3.05, 3.63) is 82.6 Å². The summed E-state index contributed by atoms with van der Waals surface area (Å²) < 4.78 is 1.87. The van der Waals surface area contributed by atoms with Crippen LogP contribution in [0.3, 0.4) is 0 Å². The van der Waals surface area contributed by atoms with E-state index in [0.29, 0.717) is 0 Å². The molecule has 4 rings (SSSR count). The maximum atomic E-state index is 4.81. The van der Waals surface area contributed by atoms with Gasteiger partial charge in [-0.1, -0.05) is 78.9 Å². The van der Waals surface area contributed by atoms with Crippen molar-refractivity contribution in [1.82, 2.24) is 19.8 Å². The minimum Gasteiger partial charge on any atom is -0.187 e. The molecule has 4 nitrogen and oxygen atoms in total. The van der Waals surface area contributed by atoms with Gasteiger partial charge in [-0.25, -0.2) is 0 Å². The van der Waals surface area contributed by atoms with E-state index in [4.69, 9.17) is 5.10 Å². The van der Waals surface area contributed by atoms with Crippen LogP contribution in [0.1, 0.15) is 34.8 Å². The molecule has 0 radical (unpaired) electrons. The molecule has 0 aliphatic heterocycles. The zero-order valence-electron chi connectivity index (χ0n) is 12.8. The van der Waals surface area contributed by atoms with E-state index in [1.54, 1.807) is 11.3 Å². The molecule has 0 saturated carbocycles. The summed E-state index contributed by atoms with van der Waals surface area (Å²) in [6.07, 6.45) is 0.825. The fourth-order valence-corrected chi connectivity index (χ4v) is 3.79. The second-order valence-corrected chi connectivity index (χ2v) is 6.35. The number of nitrogens with zero attached hydrogens (tertiary/aromatic N) is 4. The minimum atomic E-state index is 0.119. The highest BCUT2D eigenvalue weighted by molar-refractivity contribution is 7.16. The van der Waals surface area contributed by atoms with Crippen LogP contribution in [-0.4, -0.2) is 19.8 Å². The molecule has 2 heterocycles. The summed E-state index contributed by atoms with van der Waals surface area (Å²) in [6.45, 7) is 2.07. The van der Waals surface area contributed by atoms with Gasteiger partial charge in [0.05, 0.1) is 5.92 Å². The molecule has 0 unspecified atom stereocenters. The molecule has 0 aliphatic rings. The highest BCUT2D eigenvalue weighted by atomic mass is 32.1. The summed E-state index contributed by atoms with van der Waals surface area (Å²) >= 11 is 1.61. The molecule has 0 amide bonds. The van der Waals surface area contributed by atoms with E-state index < -0.39 is 0 Å². The van der Waals surface area contributed by atoms with Crippen molar-refractivity contribution in [1.29, 1.82) is 0 Å². The van der Waals surface area contributed by atoms with Gasteiger partial charge in [-0.15, -0.1) is 10.2 Å². The third kappa shape index (κ3) is 2.53. The molecule has 0 bridgehead atoms. The first-order valence-corrected chi connectivity index (χ1v) is 8.49. The Balaban J connectivity index is 1.88. The number of aryl methyl sites for hydroxylation is 1. The fourth-order valence-electron chi connectivity index (χ4n) is 2.78. The number of hydrogen-bond acceptors (Lipinski definition) is 4. The Morgan fingerprint density at radius 3 is 2.09 bits per heavy atom. The maximum Gasteiger partial charge on any atom is 0.234 e. The molecule has 0 saturated heterocycles. The zero-order valence-corrected chi connectivity index (χ0v) is 13.6. The highest BCUT2D eigenvalue weighted by Crippen LogP contribution is 2.34. The van der Waals surface area contributed by atoms with Crippen molar-refractivity contribution in [3.63, 3.8) is 0 Å². The first-order chi connectivity index (χ1) is 11.4. The molecular formula is C18H16N4S. The van der Waals surface area contributed by atoms with Crippen molar-refractivity contribution >= 4 is 16.3 Å². The van der Waals surface area contributed by atoms with Gasteiger partial charge in [-0.3, -0.25) is 0 Å². The van der Waals surface area contributed by atoms with Gasteiger partial charge in [-0.05, 0) is 11.1 Å². The predicted octanol–water partition coefficient (Wildman–Crippen LogP) is 3.93. The SMILES string of the molecule is CCc1nnc2sc(C(c3ccccc3)c3ccccc3)nn12. The van der Waals surface area contributed by atoms with Gasteiger partial charge in [0.1, 0.15) is 5.01 Å².